The smallest absolute Gasteiger partial charge is 0.227 e. The second kappa shape index (κ2) is 8.75. The number of nitrogens with zero attached hydrogens (tertiary/aromatic N) is 1. The zero-order valence-electron chi connectivity index (χ0n) is 17.4. The lowest BCUT2D eigenvalue weighted by atomic mass is 10.1. The van der Waals surface area contributed by atoms with Crippen LogP contribution in [0.4, 0.5) is 5.69 Å². The lowest BCUT2D eigenvalue weighted by molar-refractivity contribution is -0.872. The highest BCUT2D eigenvalue weighted by atomic mass is 16.6. The number of hydrogen-bond acceptors (Lipinski definition) is 4. The number of rotatable bonds is 6. The predicted molar refractivity (Wildman–Crippen MR) is 113 cm³/mol. The molecule has 0 unspecified atom stereocenters. The van der Waals surface area contributed by atoms with Crippen LogP contribution in [0, 0.1) is 5.92 Å². The fourth-order valence-electron chi connectivity index (χ4n) is 3.94. The summed E-state index contributed by atoms with van der Waals surface area (Å²) >= 11 is 0. The Kier molecular flexibility index (Phi) is 5.90. The van der Waals surface area contributed by atoms with Gasteiger partial charge in [-0.3, -0.25) is 9.59 Å². The summed E-state index contributed by atoms with van der Waals surface area (Å²) in [6.07, 6.45) is 0.212. The fourth-order valence-corrected chi connectivity index (χ4v) is 3.94. The van der Waals surface area contributed by atoms with Crippen LogP contribution in [-0.2, 0) is 22.7 Å². The van der Waals surface area contributed by atoms with Gasteiger partial charge in [-0.05, 0) is 17.7 Å². The van der Waals surface area contributed by atoms with E-state index >= 15 is 0 Å². The third kappa shape index (κ3) is 4.41. The Balaban J connectivity index is 1.39. The largest absolute Gasteiger partial charge is 0.486 e. The number of ether oxygens (including phenoxy) is 2. The van der Waals surface area contributed by atoms with E-state index in [1.807, 2.05) is 36.4 Å². The summed E-state index contributed by atoms with van der Waals surface area (Å²) in [5.74, 6) is 0.819. The van der Waals surface area contributed by atoms with E-state index in [4.69, 9.17) is 9.47 Å². The molecule has 7 heteroatoms. The Labute approximate surface area is 176 Å². The highest BCUT2D eigenvalue weighted by Crippen LogP contribution is 2.36. The van der Waals surface area contributed by atoms with Gasteiger partial charge in [0.25, 0.3) is 0 Å². The molecule has 2 aliphatic rings. The summed E-state index contributed by atoms with van der Waals surface area (Å²) in [5.41, 5.74) is 3.07. The Bertz CT molecular complexity index is 944. The minimum atomic E-state index is -0.364. The second-order valence-corrected chi connectivity index (χ2v) is 8.10. The van der Waals surface area contributed by atoms with Gasteiger partial charge in [0, 0.05) is 36.8 Å². The van der Waals surface area contributed by atoms with E-state index in [0.29, 0.717) is 37.8 Å². The summed E-state index contributed by atoms with van der Waals surface area (Å²) in [5, 5.41) is 3.03. The predicted octanol–water partition coefficient (Wildman–Crippen LogP) is 0.772. The lowest BCUT2D eigenvalue weighted by Crippen LogP contribution is -3.04. The van der Waals surface area contributed by atoms with Crippen molar-refractivity contribution in [2.45, 2.75) is 19.5 Å². The number of carbonyl (C=O) groups excluding carboxylic acids is 2. The average molecular weight is 410 g/mol. The molecule has 0 radical (unpaired) electrons. The molecule has 4 rings (SSSR count). The molecule has 2 aliphatic heterocycles. The van der Waals surface area contributed by atoms with Gasteiger partial charge in [0.05, 0.1) is 20.0 Å². The van der Waals surface area contributed by atoms with E-state index < -0.39 is 0 Å². The summed E-state index contributed by atoms with van der Waals surface area (Å²) in [4.78, 5) is 28.3. The number of amides is 2. The Hall–Kier alpha value is -3.06. The zero-order chi connectivity index (χ0) is 21.1. The van der Waals surface area contributed by atoms with Crippen molar-refractivity contribution < 1.29 is 24.0 Å². The summed E-state index contributed by atoms with van der Waals surface area (Å²) in [6, 6.07) is 13.6. The van der Waals surface area contributed by atoms with E-state index in [1.165, 1.54) is 10.5 Å². The molecule has 30 heavy (non-hydrogen) atoms. The Morgan fingerprint density at radius 1 is 1.10 bits per heavy atom. The van der Waals surface area contributed by atoms with Crippen molar-refractivity contribution in [2.75, 3.05) is 38.8 Å². The van der Waals surface area contributed by atoms with Gasteiger partial charge < -0.3 is 24.6 Å². The molecule has 0 saturated carbocycles. The normalized spacial score (nSPS) is 18.0. The molecule has 1 fully saturated rings. The van der Waals surface area contributed by atoms with E-state index in [9.17, 15) is 9.59 Å². The number of nitrogens with one attached hydrogen (secondary N) is 2. The lowest BCUT2D eigenvalue weighted by Gasteiger charge is -2.22. The molecule has 0 bridgehead atoms. The third-order valence-corrected chi connectivity index (χ3v) is 5.45. The summed E-state index contributed by atoms with van der Waals surface area (Å²) in [7, 11) is 4.21. The topological polar surface area (TPSA) is 72.3 Å². The molecule has 7 nitrogen and oxygen atoms in total. The van der Waals surface area contributed by atoms with Crippen LogP contribution in [0.1, 0.15) is 17.5 Å². The number of carbonyl (C=O) groups is 2. The second-order valence-electron chi connectivity index (χ2n) is 8.10. The van der Waals surface area contributed by atoms with E-state index in [1.54, 1.807) is 4.90 Å². The molecular formula is C23H28N3O4+. The standard InChI is InChI=1S/C23H27N3O4/c1-25(2)14-17-6-4-3-5-16(17)13-24-23(28)18-11-22(27)26(15-18)19-7-8-20-21(12-19)30-10-9-29-20/h3-8,12,18H,9-11,13-15H2,1-2H3,(H,24,28)/p+1/t18-/m1/s1. The number of quaternary nitrogens is 1. The maximum atomic E-state index is 12.8. The third-order valence-electron chi connectivity index (χ3n) is 5.45. The average Bonchev–Trinajstić information content (AvgIpc) is 3.14. The van der Waals surface area contributed by atoms with Crippen molar-refractivity contribution in [3.8, 4) is 11.5 Å². The molecule has 1 saturated heterocycles. The maximum Gasteiger partial charge on any atom is 0.227 e. The van der Waals surface area contributed by atoms with Crippen LogP contribution in [0.5, 0.6) is 11.5 Å². The minimum absolute atomic E-state index is 0.0524. The quantitative estimate of drug-likeness (QED) is 0.738. The molecule has 1 atom stereocenters. The molecule has 2 aromatic rings. The van der Waals surface area contributed by atoms with Crippen LogP contribution in [0.2, 0.25) is 0 Å². The molecule has 0 aliphatic carbocycles. The number of hydrogen-bond donors (Lipinski definition) is 2. The number of anilines is 1. The van der Waals surface area contributed by atoms with Crippen LogP contribution >= 0.6 is 0 Å². The molecule has 2 heterocycles. The highest BCUT2D eigenvalue weighted by Gasteiger charge is 2.35. The molecule has 2 amide bonds. The first-order valence-electron chi connectivity index (χ1n) is 10.3. The van der Waals surface area contributed by atoms with Crippen molar-refractivity contribution in [1.29, 1.82) is 0 Å². The summed E-state index contributed by atoms with van der Waals surface area (Å²) < 4.78 is 11.2. The molecular weight excluding hydrogens is 382 g/mol. The van der Waals surface area contributed by atoms with Gasteiger partial charge in [-0.1, -0.05) is 24.3 Å². The zero-order valence-corrected chi connectivity index (χ0v) is 17.4. The molecule has 0 spiro atoms. The van der Waals surface area contributed by atoms with Gasteiger partial charge in [-0.15, -0.1) is 0 Å². The van der Waals surface area contributed by atoms with Crippen LogP contribution in [0.15, 0.2) is 42.5 Å². The van der Waals surface area contributed by atoms with Gasteiger partial charge in [0.1, 0.15) is 19.8 Å². The molecule has 2 N–H and O–H groups in total. The van der Waals surface area contributed by atoms with Crippen molar-refractivity contribution >= 4 is 17.5 Å². The monoisotopic (exact) mass is 410 g/mol. The Morgan fingerprint density at radius 2 is 1.83 bits per heavy atom. The van der Waals surface area contributed by atoms with Crippen molar-refractivity contribution in [3.63, 3.8) is 0 Å². The van der Waals surface area contributed by atoms with Crippen LogP contribution in [0.25, 0.3) is 0 Å². The van der Waals surface area contributed by atoms with Crippen LogP contribution < -0.4 is 24.6 Å². The van der Waals surface area contributed by atoms with Gasteiger partial charge >= 0.3 is 0 Å². The SMILES string of the molecule is C[NH+](C)Cc1ccccc1CNC(=O)[C@@H]1CC(=O)N(c2ccc3c(c2)OCCO3)C1. The van der Waals surface area contributed by atoms with Crippen molar-refractivity contribution in [1.82, 2.24) is 5.32 Å². The maximum absolute atomic E-state index is 12.8. The van der Waals surface area contributed by atoms with Gasteiger partial charge in [-0.25, -0.2) is 0 Å². The fraction of sp³-hybridized carbons (Fsp3) is 0.391. The van der Waals surface area contributed by atoms with E-state index in [-0.39, 0.29) is 24.2 Å². The van der Waals surface area contributed by atoms with Crippen molar-refractivity contribution in [2.24, 2.45) is 5.92 Å². The molecule has 158 valence electrons. The number of benzene rings is 2. The number of fused-ring (bicyclic) bond motifs is 1. The first kappa shape index (κ1) is 20.2. The molecule has 0 aromatic heterocycles. The minimum Gasteiger partial charge on any atom is -0.486 e. The van der Waals surface area contributed by atoms with Crippen LogP contribution in [-0.4, -0.2) is 45.7 Å². The first-order chi connectivity index (χ1) is 14.5. The van der Waals surface area contributed by atoms with E-state index in [0.717, 1.165) is 17.8 Å². The van der Waals surface area contributed by atoms with Gasteiger partial charge in [0.2, 0.25) is 11.8 Å². The first-order valence-corrected chi connectivity index (χ1v) is 10.3. The van der Waals surface area contributed by atoms with Crippen molar-refractivity contribution in [3.05, 3.63) is 53.6 Å². The molecule has 2 aromatic carbocycles. The highest BCUT2D eigenvalue weighted by molar-refractivity contribution is 6.00. The summed E-state index contributed by atoms with van der Waals surface area (Å²) in [6.45, 7) is 2.75. The van der Waals surface area contributed by atoms with Gasteiger partial charge in [0.15, 0.2) is 11.5 Å². The van der Waals surface area contributed by atoms with Crippen LogP contribution in [0.3, 0.4) is 0 Å². The Morgan fingerprint density at radius 3 is 2.60 bits per heavy atom. The van der Waals surface area contributed by atoms with Gasteiger partial charge in [-0.2, -0.15) is 0 Å². The van der Waals surface area contributed by atoms with E-state index in [2.05, 4.69) is 25.5 Å².